The van der Waals surface area contributed by atoms with E-state index in [1.54, 1.807) is 72.9 Å². The quantitative estimate of drug-likeness (QED) is 0.182. The fraction of sp³-hybridized carbons (Fsp3) is 0.0333. The van der Waals surface area contributed by atoms with Gasteiger partial charge < -0.3 is 9.15 Å². The fourth-order valence-electron chi connectivity index (χ4n) is 4.14. The van der Waals surface area contributed by atoms with Gasteiger partial charge in [-0.15, -0.1) is 0 Å². The van der Waals surface area contributed by atoms with Crippen molar-refractivity contribution < 1.29 is 13.5 Å². The molecule has 0 atom stereocenters. The van der Waals surface area contributed by atoms with Crippen LogP contribution >= 0.6 is 27.5 Å². The minimum atomic E-state index is -0.334. The minimum absolute atomic E-state index is 0.216. The van der Waals surface area contributed by atoms with Crippen molar-refractivity contribution in [1.29, 1.82) is 0 Å². The lowest BCUT2D eigenvalue weighted by Crippen LogP contribution is -2.20. The molecule has 0 aliphatic rings. The fourth-order valence-corrected chi connectivity index (χ4v) is 4.83. The second-order valence-corrected chi connectivity index (χ2v) is 10.0. The number of nitrogens with zero attached hydrogens (tertiary/aromatic N) is 3. The summed E-state index contributed by atoms with van der Waals surface area (Å²) in [5.41, 5.74) is 2.24. The lowest BCUT2D eigenvalue weighted by atomic mass is 10.2. The molecule has 0 fully saturated rings. The van der Waals surface area contributed by atoms with E-state index in [0.717, 1.165) is 10.9 Å². The molecule has 0 saturated carbocycles. The molecule has 192 valence electrons. The Balaban J connectivity index is 1.35. The Kier molecular flexibility index (Phi) is 6.72. The second kappa shape index (κ2) is 10.5. The van der Waals surface area contributed by atoms with Gasteiger partial charge in [0, 0.05) is 10.4 Å². The molecule has 0 spiro atoms. The van der Waals surface area contributed by atoms with Crippen LogP contribution in [0.2, 0.25) is 5.02 Å². The van der Waals surface area contributed by atoms with E-state index in [4.69, 9.17) is 25.7 Å². The predicted octanol–water partition coefficient (Wildman–Crippen LogP) is 7.83. The van der Waals surface area contributed by atoms with Gasteiger partial charge in [-0.25, -0.2) is 9.37 Å². The number of hydrogen-bond acceptors (Lipinski definition) is 5. The second-order valence-electron chi connectivity index (χ2n) is 8.72. The molecule has 2 heterocycles. The first-order chi connectivity index (χ1) is 18.9. The first kappa shape index (κ1) is 25.0. The summed E-state index contributed by atoms with van der Waals surface area (Å²) in [6, 6.07) is 25.8. The topological polar surface area (TPSA) is 69.6 Å². The Morgan fingerprint density at radius 2 is 1.90 bits per heavy atom. The normalized spacial score (nSPS) is 11.6. The number of fused-ring (bicyclic) bond motifs is 2. The molecule has 0 aliphatic heterocycles. The van der Waals surface area contributed by atoms with Crippen LogP contribution in [0.4, 0.5) is 4.39 Å². The molecule has 0 radical (unpaired) electrons. The predicted molar refractivity (Wildman–Crippen MR) is 154 cm³/mol. The van der Waals surface area contributed by atoms with Crippen molar-refractivity contribution >= 4 is 55.6 Å². The summed E-state index contributed by atoms with van der Waals surface area (Å²) in [5, 5.41) is 6.28. The van der Waals surface area contributed by atoms with E-state index in [-0.39, 0.29) is 23.8 Å². The Bertz CT molecular complexity index is 1950. The number of benzene rings is 4. The maximum absolute atomic E-state index is 13.5. The third-order valence-corrected chi connectivity index (χ3v) is 6.87. The van der Waals surface area contributed by atoms with Crippen LogP contribution in [-0.4, -0.2) is 15.9 Å². The van der Waals surface area contributed by atoms with Gasteiger partial charge in [0.05, 0.1) is 21.6 Å². The van der Waals surface area contributed by atoms with E-state index < -0.39 is 0 Å². The average Bonchev–Trinajstić information content (AvgIpc) is 3.35. The summed E-state index contributed by atoms with van der Waals surface area (Å²) in [5.74, 6) is 0.916. The molecular weight excluding hydrogens is 585 g/mol. The Morgan fingerprint density at radius 3 is 2.74 bits per heavy atom. The summed E-state index contributed by atoms with van der Waals surface area (Å²) in [4.78, 5) is 18.2. The zero-order valence-electron chi connectivity index (χ0n) is 20.1. The standard InChI is InChI=1S/C30H18BrClFN3O3/c31-24-13-18(8-10-27(24)38-17-19-4-3-5-22(33)12-19)16-34-36-29(35-25-7-2-1-6-23(25)30(36)37)28-15-20-14-21(32)9-11-26(20)39-28/h1-16H,17H2. The van der Waals surface area contributed by atoms with Crippen LogP contribution in [0.1, 0.15) is 11.1 Å². The molecule has 0 unspecified atom stereocenters. The van der Waals surface area contributed by atoms with Gasteiger partial charge in [0.15, 0.2) is 5.76 Å². The SMILES string of the molecule is O=c1c2ccccc2nc(-c2cc3cc(Cl)ccc3o2)n1N=Cc1ccc(OCc2cccc(F)c2)c(Br)c1. The van der Waals surface area contributed by atoms with Gasteiger partial charge in [0.1, 0.15) is 23.8 Å². The molecule has 0 aliphatic carbocycles. The lowest BCUT2D eigenvalue weighted by Gasteiger charge is -2.09. The first-order valence-corrected chi connectivity index (χ1v) is 13.0. The van der Waals surface area contributed by atoms with E-state index in [0.29, 0.717) is 43.1 Å². The van der Waals surface area contributed by atoms with E-state index >= 15 is 0 Å². The van der Waals surface area contributed by atoms with Crippen molar-refractivity contribution in [2.75, 3.05) is 0 Å². The molecule has 6 nitrogen and oxygen atoms in total. The van der Waals surface area contributed by atoms with Crippen LogP contribution in [0.25, 0.3) is 33.5 Å². The zero-order valence-corrected chi connectivity index (χ0v) is 22.5. The number of aromatic nitrogens is 2. The van der Waals surface area contributed by atoms with E-state index in [1.807, 2.05) is 12.1 Å². The number of hydrogen-bond donors (Lipinski definition) is 0. The van der Waals surface area contributed by atoms with Crippen LogP contribution in [0, 0.1) is 5.82 Å². The van der Waals surface area contributed by atoms with Gasteiger partial charge in [-0.1, -0.05) is 35.9 Å². The molecule has 6 rings (SSSR count). The summed E-state index contributed by atoms with van der Waals surface area (Å²) < 4.78 is 27.2. The molecule has 9 heteroatoms. The van der Waals surface area contributed by atoms with Gasteiger partial charge in [0.2, 0.25) is 5.82 Å². The zero-order chi connectivity index (χ0) is 26.9. The van der Waals surface area contributed by atoms with Gasteiger partial charge in [-0.2, -0.15) is 9.78 Å². The van der Waals surface area contributed by atoms with Crippen LogP contribution in [-0.2, 0) is 6.61 Å². The number of furan rings is 1. The maximum Gasteiger partial charge on any atom is 0.282 e. The van der Waals surface area contributed by atoms with E-state index in [2.05, 4.69) is 21.0 Å². The van der Waals surface area contributed by atoms with Gasteiger partial charge >= 0.3 is 0 Å². The highest BCUT2D eigenvalue weighted by molar-refractivity contribution is 9.10. The monoisotopic (exact) mass is 601 g/mol. The Labute approximate surface area is 235 Å². The molecular formula is C30H18BrClFN3O3. The first-order valence-electron chi connectivity index (χ1n) is 11.9. The molecule has 0 bridgehead atoms. The Hall–Kier alpha value is -4.27. The number of ether oxygens (including phenoxy) is 1. The van der Waals surface area contributed by atoms with Gasteiger partial charge in [-0.05, 0) is 93.8 Å². The molecule has 0 saturated heterocycles. The summed E-state index contributed by atoms with van der Waals surface area (Å²) in [6.07, 6.45) is 1.56. The van der Waals surface area contributed by atoms with Crippen molar-refractivity contribution in [2.24, 2.45) is 5.10 Å². The molecule has 0 amide bonds. The van der Waals surface area contributed by atoms with Crippen LogP contribution in [0.15, 0.2) is 110 Å². The van der Waals surface area contributed by atoms with Crippen molar-refractivity contribution in [3.63, 3.8) is 0 Å². The highest BCUT2D eigenvalue weighted by Crippen LogP contribution is 2.30. The largest absolute Gasteiger partial charge is 0.488 e. The van der Waals surface area contributed by atoms with Crippen molar-refractivity contribution in [2.45, 2.75) is 6.61 Å². The summed E-state index contributed by atoms with van der Waals surface area (Å²) >= 11 is 9.66. The molecule has 2 aromatic heterocycles. The third kappa shape index (κ3) is 5.21. The summed E-state index contributed by atoms with van der Waals surface area (Å²) in [7, 11) is 0. The number of halogens is 3. The van der Waals surface area contributed by atoms with Gasteiger partial charge in [-0.3, -0.25) is 4.79 Å². The number of rotatable bonds is 6. The number of para-hydroxylation sites is 1. The van der Waals surface area contributed by atoms with Crippen molar-refractivity contribution in [1.82, 2.24) is 9.66 Å². The molecule has 39 heavy (non-hydrogen) atoms. The molecule has 6 aromatic rings. The van der Waals surface area contributed by atoms with E-state index in [1.165, 1.54) is 16.8 Å². The lowest BCUT2D eigenvalue weighted by molar-refractivity contribution is 0.303. The smallest absolute Gasteiger partial charge is 0.282 e. The van der Waals surface area contributed by atoms with Crippen LogP contribution in [0.5, 0.6) is 5.75 Å². The molecule has 0 N–H and O–H groups in total. The van der Waals surface area contributed by atoms with Crippen molar-refractivity contribution in [3.05, 3.63) is 128 Å². The Morgan fingerprint density at radius 1 is 1.03 bits per heavy atom. The van der Waals surface area contributed by atoms with Gasteiger partial charge in [0.25, 0.3) is 5.56 Å². The molecule has 4 aromatic carbocycles. The third-order valence-electron chi connectivity index (χ3n) is 6.01. The highest BCUT2D eigenvalue weighted by Gasteiger charge is 2.16. The summed E-state index contributed by atoms with van der Waals surface area (Å²) in [6.45, 7) is 0.216. The highest BCUT2D eigenvalue weighted by atomic mass is 79.9. The van der Waals surface area contributed by atoms with Crippen molar-refractivity contribution in [3.8, 4) is 17.3 Å². The van der Waals surface area contributed by atoms with Crippen LogP contribution < -0.4 is 10.3 Å². The average molecular weight is 603 g/mol. The maximum atomic E-state index is 13.5. The minimum Gasteiger partial charge on any atom is -0.488 e. The van der Waals surface area contributed by atoms with Crippen LogP contribution in [0.3, 0.4) is 0 Å². The van der Waals surface area contributed by atoms with E-state index in [9.17, 15) is 9.18 Å².